The first-order valence-corrected chi connectivity index (χ1v) is 13.3. The van der Waals surface area contributed by atoms with Crippen LogP contribution in [0.4, 0.5) is 32.4 Å². The minimum atomic E-state index is -4.66. The second kappa shape index (κ2) is 12.1. The Balaban J connectivity index is 1.48. The number of ketones is 1. The van der Waals surface area contributed by atoms with Gasteiger partial charge in [-0.2, -0.15) is 13.2 Å². The van der Waals surface area contributed by atoms with Crippen molar-refractivity contribution in [2.24, 2.45) is 0 Å². The number of nitrogens with zero attached hydrogens (tertiary/aromatic N) is 4. The van der Waals surface area contributed by atoms with E-state index in [1.807, 2.05) is 0 Å². The fourth-order valence-electron chi connectivity index (χ4n) is 4.32. The molecule has 1 aromatic carbocycles. The molecule has 212 valence electrons. The molecule has 1 N–H and O–H groups in total. The number of pyridine rings is 1. The summed E-state index contributed by atoms with van der Waals surface area (Å²) in [7, 11) is 0. The van der Waals surface area contributed by atoms with E-state index < -0.39 is 47.6 Å². The van der Waals surface area contributed by atoms with Gasteiger partial charge in [-0.3, -0.25) is 4.79 Å². The van der Waals surface area contributed by atoms with Crippen molar-refractivity contribution in [1.82, 2.24) is 19.9 Å². The Hall–Kier alpha value is -3.81. The van der Waals surface area contributed by atoms with Crippen molar-refractivity contribution in [3.63, 3.8) is 0 Å². The Labute approximate surface area is 230 Å². The number of nitrogens with one attached hydrogen (secondary N) is 1. The standard InChI is InChI=1S/C26H24F5N5O3S/c1-14-21(18(37)13-39-20-8-4-7-19(33-20)26(29,30)31)22(34-24(32-14)40-2)15-9-11-36(12-10-15)25(38)35-23-16(27)5-3-6-17(23)28/h3-8,15H,9-13H2,1-2H3,(H,35,38). The van der Waals surface area contributed by atoms with Gasteiger partial charge < -0.3 is 15.0 Å². The lowest BCUT2D eigenvalue weighted by atomic mass is 9.89. The van der Waals surface area contributed by atoms with Gasteiger partial charge in [-0.15, -0.1) is 0 Å². The van der Waals surface area contributed by atoms with Crippen LogP contribution in [0.1, 0.15) is 46.2 Å². The third-order valence-electron chi connectivity index (χ3n) is 6.29. The molecule has 4 rings (SSSR count). The molecule has 14 heteroatoms. The Morgan fingerprint density at radius 3 is 2.33 bits per heavy atom. The highest BCUT2D eigenvalue weighted by molar-refractivity contribution is 7.98. The van der Waals surface area contributed by atoms with Crippen LogP contribution in [0.5, 0.6) is 5.88 Å². The van der Waals surface area contributed by atoms with E-state index in [1.165, 1.54) is 28.8 Å². The molecule has 0 spiro atoms. The number of ether oxygens (including phenoxy) is 1. The molecule has 1 saturated heterocycles. The van der Waals surface area contributed by atoms with Crippen LogP contribution in [0.2, 0.25) is 0 Å². The van der Waals surface area contributed by atoms with Crippen LogP contribution in [0.15, 0.2) is 41.6 Å². The highest BCUT2D eigenvalue weighted by Crippen LogP contribution is 2.33. The number of urea groups is 1. The van der Waals surface area contributed by atoms with Crippen molar-refractivity contribution in [1.29, 1.82) is 0 Å². The molecular formula is C26H24F5N5O3S. The number of thioether (sulfide) groups is 1. The second-order valence-electron chi connectivity index (χ2n) is 8.91. The molecule has 0 aliphatic carbocycles. The summed E-state index contributed by atoms with van der Waals surface area (Å²) in [5.41, 5.74) is -0.650. The molecule has 3 aromatic rings. The number of carbonyl (C=O) groups excluding carboxylic acids is 2. The van der Waals surface area contributed by atoms with E-state index in [4.69, 9.17) is 4.74 Å². The van der Waals surface area contributed by atoms with E-state index in [0.717, 1.165) is 24.3 Å². The number of halogens is 5. The van der Waals surface area contributed by atoms with E-state index in [-0.39, 0.29) is 30.5 Å². The van der Waals surface area contributed by atoms with Gasteiger partial charge in [0.15, 0.2) is 11.8 Å². The normalized spacial score (nSPS) is 14.2. The fourth-order valence-corrected chi connectivity index (χ4v) is 4.74. The SMILES string of the molecule is CSc1nc(C)c(C(=O)COc2cccc(C(F)(F)F)n2)c(C2CCN(C(=O)Nc3c(F)cccc3F)CC2)n1. The second-order valence-corrected chi connectivity index (χ2v) is 9.69. The maximum absolute atomic E-state index is 13.9. The maximum Gasteiger partial charge on any atom is 0.433 e. The van der Waals surface area contributed by atoms with E-state index in [1.54, 1.807) is 13.2 Å². The molecule has 40 heavy (non-hydrogen) atoms. The zero-order valence-corrected chi connectivity index (χ0v) is 22.2. The van der Waals surface area contributed by atoms with Crippen LogP contribution in [0.3, 0.4) is 0 Å². The summed E-state index contributed by atoms with van der Waals surface area (Å²) in [6, 6.07) is 5.76. The van der Waals surface area contributed by atoms with Crippen molar-refractivity contribution in [2.75, 3.05) is 31.3 Å². The number of hydrogen-bond donors (Lipinski definition) is 1. The van der Waals surface area contributed by atoms with Gasteiger partial charge in [-0.1, -0.05) is 23.9 Å². The molecule has 3 heterocycles. The van der Waals surface area contributed by atoms with Crippen LogP contribution in [0, 0.1) is 18.6 Å². The number of likely N-dealkylation sites (tertiary alicyclic amines) is 1. The van der Waals surface area contributed by atoms with Gasteiger partial charge in [0.1, 0.15) is 23.0 Å². The van der Waals surface area contributed by atoms with E-state index in [2.05, 4.69) is 20.3 Å². The molecule has 2 amide bonds. The molecule has 1 aliphatic heterocycles. The lowest BCUT2D eigenvalue weighted by Gasteiger charge is -2.32. The molecule has 0 unspecified atom stereocenters. The van der Waals surface area contributed by atoms with Gasteiger partial charge in [0.25, 0.3) is 0 Å². The summed E-state index contributed by atoms with van der Waals surface area (Å²) in [6.07, 6.45) is -2.09. The number of anilines is 1. The number of alkyl halides is 3. The number of aryl methyl sites for hydroxylation is 1. The summed E-state index contributed by atoms with van der Waals surface area (Å²) >= 11 is 1.28. The summed E-state index contributed by atoms with van der Waals surface area (Å²) in [6.45, 7) is 1.50. The third-order valence-corrected chi connectivity index (χ3v) is 6.84. The first-order valence-electron chi connectivity index (χ1n) is 12.1. The van der Waals surface area contributed by atoms with Gasteiger partial charge in [0, 0.05) is 25.1 Å². The molecule has 8 nitrogen and oxygen atoms in total. The number of carbonyl (C=O) groups is 2. The molecule has 0 saturated carbocycles. The van der Waals surface area contributed by atoms with Crippen molar-refractivity contribution >= 4 is 29.3 Å². The first-order chi connectivity index (χ1) is 19.0. The van der Waals surface area contributed by atoms with Gasteiger partial charge in [-0.05, 0) is 44.2 Å². The Kier molecular flexibility index (Phi) is 8.86. The summed E-state index contributed by atoms with van der Waals surface area (Å²) in [5, 5.41) is 2.70. The third kappa shape index (κ3) is 6.66. The smallest absolute Gasteiger partial charge is 0.433 e. The van der Waals surface area contributed by atoms with Crippen LogP contribution in [0.25, 0.3) is 0 Å². The number of benzene rings is 1. The minimum Gasteiger partial charge on any atom is -0.469 e. The highest BCUT2D eigenvalue weighted by atomic mass is 32.2. The molecule has 1 fully saturated rings. The number of rotatable bonds is 7. The highest BCUT2D eigenvalue weighted by Gasteiger charge is 2.33. The summed E-state index contributed by atoms with van der Waals surface area (Å²) in [5.74, 6) is -2.93. The average Bonchev–Trinajstić information content (AvgIpc) is 2.93. The summed E-state index contributed by atoms with van der Waals surface area (Å²) in [4.78, 5) is 39.6. The van der Waals surface area contributed by atoms with Gasteiger partial charge in [0.05, 0.1) is 17.0 Å². The van der Waals surface area contributed by atoms with Crippen molar-refractivity contribution in [3.8, 4) is 5.88 Å². The number of Topliss-reactive ketones (excluding diaryl/α,β-unsaturated/α-hetero) is 1. The van der Waals surface area contributed by atoms with E-state index >= 15 is 0 Å². The molecule has 0 radical (unpaired) electrons. The topological polar surface area (TPSA) is 97.3 Å². The molecule has 2 aromatic heterocycles. The monoisotopic (exact) mass is 581 g/mol. The van der Waals surface area contributed by atoms with Crippen molar-refractivity contribution < 1.29 is 36.3 Å². The van der Waals surface area contributed by atoms with Crippen LogP contribution in [-0.2, 0) is 6.18 Å². The predicted molar refractivity (Wildman–Crippen MR) is 137 cm³/mol. The Morgan fingerprint density at radius 1 is 1.05 bits per heavy atom. The quantitative estimate of drug-likeness (QED) is 0.161. The van der Waals surface area contributed by atoms with E-state index in [0.29, 0.717) is 29.4 Å². The zero-order chi connectivity index (χ0) is 29.0. The minimum absolute atomic E-state index is 0.195. The van der Waals surface area contributed by atoms with Crippen LogP contribution in [-0.4, -0.2) is 57.6 Å². The summed E-state index contributed by atoms with van der Waals surface area (Å²) < 4.78 is 72.1. The van der Waals surface area contributed by atoms with Crippen molar-refractivity contribution in [3.05, 3.63) is 70.7 Å². The lowest BCUT2D eigenvalue weighted by Crippen LogP contribution is -2.41. The van der Waals surface area contributed by atoms with Crippen LogP contribution < -0.4 is 10.1 Å². The number of hydrogen-bond acceptors (Lipinski definition) is 7. The van der Waals surface area contributed by atoms with Gasteiger partial charge in [0.2, 0.25) is 11.7 Å². The Morgan fingerprint density at radius 2 is 1.70 bits per heavy atom. The van der Waals surface area contributed by atoms with Gasteiger partial charge >= 0.3 is 12.2 Å². The number of aromatic nitrogens is 3. The molecule has 1 aliphatic rings. The molecular weight excluding hydrogens is 557 g/mol. The van der Waals surface area contributed by atoms with Gasteiger partial charge in [-0.25, -0.2) is 28.5 Å². The molecule has 0 atom stereocenters. The molecule has 0 bridgehead atoms. The maximum atomic E-state index is 13.9. The number of para-hydroxylation sites is 1. The number of amides is 2. The van der Waals surface area contributed by atoms with Crippen molar-refractivity contribution in [2.45, 2.75) is 37.0 Å². The number of piperidine rings is 1. The first kappa shape index (κ1) is 29.2. The fraction of sp³-hybridized carbons (Fsp3) is 0.346. The predicted octanol–water partition coefficient (Wildman–Crippen LogP) is 5.87. The lowest BCUT2D eigenvalue weighted by molar-refractivity contribution is -0.141. The average molecular weight is 582 g/mol. The van der Waals surface area contributed by atoms with Crippen LogP contribution >= 0.6 is 11.8 Å². The zero-order valence-electron chi connectivity index (χ0n) is 21.4. The largest absolute Gasteiger partial charge is 0.469 e. The van der Waals surface area contributed by atoms with E-state index in [9.17, 15) is 31.5 Å². The Bertz CT molecular complexity index is 1390.